The molecule has 0 bridgehead atoms. The molecule has 1 fully saturated rings. The maximum atomic E-state index is 13.5. The Bertz CT molecular complexity index is 918. The summed E-state index contributed by atoms with van der Waals surface area (Å²) in [5.74, 6) is 0.297. The van der Waals surface area contributed by atoms with Crippen LogP contribution in [0.15, 0.2) is 52.9 Å². The number of rotatable bonds is 7. The lowest BCUT2D eigenvalue weighted by Crippen LogP contribution is -2.32. The Morgan fingerprint density at radius 2 is 2.10 bits per heavy atom. The Morgan fingerprint density at radius 3 is 2.86 bits per heavy atom. The molecule has 1 aliphatic rings. The fourth-order valence-electron chi connectivity index (χ4n) is 3.52. The summed E-state index contributed by atoms with van der Waals surface area (Å²) in [7, 11) is 0.608. The van der Waals surface area contributed by atoms with E-state index in [0.29, 0.717) is 14.5 Å². The fraction of sp³-hybridized carbons (Fsp3) is 0.348. The fourth-order valence-corrected chi connectivity index (χ4v) is 5.04. The summed E-state index contributed by atoms with van der Waals surface area (Å²) in [6, 6.07) is 10.9. The van der Waals surface area contributed by atoms with Crippen LogP contribution in [0.4, 0.5) is 4.39 Å². The van der Waals surface area contributed by atoms with Crippen LogP contribution < -0.4 is 10.6 Å². The van der Waals surface area contributed by atoms with Gasteiger partial charge in [-0.2, -0.15) is 0 Å². The van der Waals surface area contributed by atoms with Crippen LogP contribution in [0.3, 0.4) is 0 Å². The van der Waals surface area contributed by atoms with Crippen molar-refractivity contribution in [1.29, 1.82) is 0 Å². The van der Waals surface area contributed by atoms with E-state index in [0.717, 1.165) is 58.0 Å². The summed E-state index contributed by atoms with van der Waals surface area (Å²) >= 11 is 1.45. The third kappa shape index (κ3) is 5.61. The van der Waals surface area contributed by atoms with Crippen molar-refractivity contribution < 1.29 is 9.18 Å². The second-order valence-electron chi connectivity index (χ2n) is 7.52. The number of thioether (sulfide) groups is 1. The zero-order valence-electron chi connectivity index (χ0n) is 17.2. The zero-order valence-corrected chi connectivity index (χ0v) is 19.0. The van der Waals surface area contributed by atoms with Crippen molar-refractivity contribution in [2.24, 2.45) is 5.92 Å². The lowest BCUT2D eigenvalue weighted by Gasteiger charge is -2.19. The Hall–Kier alpha value is -1.84. The van der Waals surface area contributed by atoms with Crippen molar-refractivity contribution in [3.05, 3.63) is 70.5 Å². The molecule has 2 aromatic carbocycles. The van der Waals surface area contributed by atoms with E-state index in [9.17, 15) is 9.18 Å². The lowest BCUT2D eigenvalue weighted by molar-refractivity contribution is 0.0788. The molecule has 0 aromatic heterocycles. The molecule has 29 heavy (non-hydrogen) atoms. The summed E-state index contributed by atoms with van der Waals surface area (Å²) in [5.41, 5.74) is 3.00. The molecular weight excluding hydrogens is 402 g/mol. The summed E-state index contributed by atoms with van der Waals surface area (Å²) < 4.78 is 13.5. The van der Waals surface area contributed by atoms with Gasteiger partial charge in [0.25, 0.3) is 5.91 Å². The predicted octanol–water partition coefficient (Wildman–Crippen LogP) is 4.69. The minimum absolute atomic E-state index is 0.143. The standard InChI is InChI=1S/C23H28FN2OPS/c1-15-5-8-21(28-4)20(11-15)23(27)26-10-9-18(14-26)13-25-17(3)29-22-12-19(24)7-6-16(22)2/h5-8,11-12,18,25,28H,3,9-10,13-14H2,1-2,4H3. The van der Waals surface area contributed by atoms with E-state index in [1.54, 1.807) is 6.07 Å². The lowest BCUT2D eigenvalue weighted by atomic mass is 10.1. The van der Waals surface area contributed by atoms with Crippen LogP contribution in [-0.2, 0) is 0 Å². The molecule has 0 radical (unpaired) electrons. The Kier molecular flexibility index (Phi) is 7.37. The van der Waals surface area contributed by atoms with Crippen molar-refractivity contribution in [2.75, 3.05) is 26.3 Å². The SMILES string of the molecule is C=C(NCC1CCN(C(=O)c2cc(C)ccc2PC)C1)Sc1cc(F)ccc1C. The monoisotopic (exact) mass is 430 g/mol. The van der Waals surface area contributed by atoms with Crippen molar-refractivity contribution in [1.82, 2.24) is 10.2 Å². The van der Waals surface area contributed by atoms with E-state index < -0.39 is 0 Å². The number of benzene rings is 2. The van der Waals surface area contributed by atoms with Crippen molar-refractivity contribution >= 4 is 31.6 Å². The molecule has 1 heterocycles. The average molecular weight is 431 g/mol. The van der Waals surface area contributed by atoms with Gasteiger partial charge in [-0.05, 0) is 61.9 Å². The summed E-state index contributed by atoms with van der Waals surface area (Å²) in [5, 5.41) is 5.30. The number of halogens is 1. The molecule has 0 aliphatic carbocycles. The molecule has 2 aromatic rings. The molecular formula is C23H28FN2OPS. The van der Waals surface area contributed by atoms with Gasteiger partial charge in [-0.3, -0.25) is 4.79 Å². The molecule has 3 nitrogen and oxygen atoms in total. The number of hydrogen-bond donors (Lipinski definition) is 1. The average Bonchev–Trinajstić information content (AvgIpc) is 3.17. The van der Waals surface area contributed by atoms with Gasteiger partial charge in [0.05, 0.1) is 5.03 Å². The molecule has 1 N–H and O–H groups in total. The Morgan fingerprint density at radius 1 is 1.31 bits per heavy atom. The highest BCUT2D eigenvalue weighted by atomic mass is 32.2. The van der Waals surface area contributed by atoms with Crippen molar-refractivity contribution in [2.45, 2.75) is 25.2 Å². The van der Waals surface area contributed by atoms with Gasteiger partial charge in [-0.1, -0.05) is 50.7 Å². The van der Waals surface area contributed by atoms with Gasteiger partial charge in [0.1, 0.15) is 5.82 Å². The van der Waals surface area contributed by atoms with Crippen LogP contribution >= 0.6 is 20.3 Å². The summed E-state index contributed by atoms with van der Waals surface area (Å²) in [4.78, 5) is 15.9. The number of nitrogens with zero attached hydrogens (tertiary/aromatic N) is 1. The molecule has 1 saturated heterocycles. The normalized spacial score (nSPS) is 16.6. The Balaban J connectivity index is 1.53. The molecule has 0 saturated carbocycles. The number of nitrogens with one attached hydrogen (secondary N) is 1. The maximum Gasteiger partial charge on any atom is 0.254 e. The number of likely N-dealkylation sites (tertiary alicyclic amines) is 1. The first-order chi connectivity index (χ1) is 13.9. The van der Waals surface area contributed by atoms with E-state index in [2.05, 4.69) is 30.7 Å². The molecule has 1 amide bonds. The van der Waals surface area contributed by atoms with Gasteiger partial charge in [0.2, 0.25) is 0 Å². The molecule has 1 aliphatic heterocycles. The van der Waals surface area contributed by atoms with Gasteiger partial charge in [0.15, 0.2) is 0 Å². The molecule has 154 valence electrons. The van der Waals surface area contributed by atoms with Crippen LogP contribution in [0.5, 0.6) is 0 Å². The number of hydrogen-bond acceptors (Lipinski definition) is 3. The summed E-state index contributed by atoms with van der Waals surface area (Å²) in [6.45, 7) is 12.5. The van der Waals surface area contributed by atoms with Crippen LogP contribution in [-0.4, -0.2) is 37.1 Å². The first kappa shape index (κ1) is 21.9. The first-order valence-electron chi connectivity index (χ1n) is 9.82. The van der Waals surface area contributed by atoms with E-state index in [1.165, 1.54) is 23.9 Å². The zero-order chi connectivity index (χ0) is 21.0. The van der Waals surface area contributed by atoms with Crippen LogP contribution in [0.2, 0.25) is 0 Å². The van der Waals surface area contributed by atoms with Gasteiger partial charge in [-0.15, -0.1) is 0 Å². The topological polar surface area (TPSA) is 32.3 Å². The molecule has 6 heteroatoms. The second-order valence-corrected chi connectivity index (χ2v) is 9.70. The van der Waals surface area contributed by atoms with Crippen LogP contribution in [0.1, 0.15) is 27.9 Å². The highest BCUT2D eigenvalue weighted by Crippen LogP contribution is 2.28. The number of aryl methyl sites for hydroxylation is 2. The second kappa shape index (κ2) is 9.77. The minimum Gasteiger partial charge on any atom is -0.380 e. The first-order valence-corrected chi connectivity index (χ1v) is 12.1. The van der Waals surface area contributed by atoms with E-state index in [4.69, 9.17) is 0 Å². The van der Waals surface area contributed by atoms with E-state index in [1.807, 2.05) is 24.8 Å². The highest BCUT2D eigenvalue weighted by molar-refractivity contribution is 8.03. The highest BCUT2D eigenvalue weighted by Gasteiger charge is 2.28. The number of carbonyl (C=O) groups is 1. The predicted molar refractivity (Wildman–Crippen MR) is 123 cm³/mol. The van der Waals surface area contributed by atoms with Crippen molar-refractivity contribution in [3.63, 3.8) is 0 Å². The molecule has 2 unspecified atom stereocenters. The van der Waals surface area contributed by atoms with E-state index >= 15 is 0 Å². The number of carbonyl (C=O) groups excluding carboxylic acids is 1. The quantitative estimate of drug-likeness (QED) is 0.511. The van der Waals surface area contributed by atoms with Crippen molar-refractivity contribution in [3.8, 4) is 0 Å². The smallest absolute Gasteiger partial charge is 0.254 e. The van der Waals surface area contributed by atoms with Gasteiger partial charge >= 0.3 is 0 Å². The van der Waals surface area contributed by atoms with Crippen LogP contribution in [0, 0.1) is 25.6 Å². The maximum absolute atomic E-state index is 13.5. The summed E-state index contributed by atoms with van der Waals surface area (Å²) in [6.07, 6.45) is 0.977. The van der Waals surface area contributed by atoms with Crippen LogP contribution in [0.25, 0.3) is 0 Å². The van der Waals surface area contributed by atoms with Gasteiger partial charge in [0, 0.05) is 30.1 Å². The van der Waals surface area contributed by atoms with Gasteiger partial charge in [-0.25, -0.2) is 4.39 Å². The van der Waals surface area contributed by atoms with Gasteiger partial charge < -0.3 is 10.2 Å². The minimum atomic E-state index is -0.237. The third-order valence-electron chi connectivity index (χ3n) is 5.22. The molecule has 3 rings (SSSR count). The Labute approximate surface area is 178 Å². The van der Waals surface area contributed by atoms with E-state index in [-0.39, 0.29) is 11.7 Å². The number of amides is 1. The molecule has 2 atom stereocenters. The molecule has 0 spiro atoms. The third-order valence-corrected chi connectivity index (χ3v) is 7.24. The largest absolute Gasteiger partial charge is 0.380 e.